The Bertz CT molecular complexity index is 1110. The first kappa shape index (κ1) is 17.7. The van der Waals surface area contributed by atoms with Gasteiger partial charge in [-0.05, 0) is 48.0 Å². The van der Waals surface area contributed by atoms with Gasteiger partial charge in [-0.1, -0.05) is 0 Å². The molecule has 0 radical (unpaired) electrons. The topological polar surface area (TPSA) is 85.6 Å². The minimum absolute atomic E-state index is 0.251. The fourth-order valence-electron chi connectivity index (χ4n) is 2.91. The van der Waals surface area contributed by atoms with Crippen molar-refractivity contribution < 1.29 is 18.0 Å². The lowest BCUT2D eigenvalue weighted by atomic mass is 10.0. The molecule has 0 unspecified atom stereocenters. The molecule has 9 heteroatoms. The molecule has 6 nitrogen and oxygen atoms in total. The number of halogens is 3. The summed E-state index contributed by atoms with van der Waals surface area (Å²) >= 11 is 0. The molecule has 0 bridgehead atoms. The molecule has 0 fully saturated rings. The van der Waals surface area contributed by atoms with Crippen LogP contribution in [0.15, 0.2) is 61.1 Å². The molecule has 0 saturated heterocycles. The molecule has 4 rings (SSSR count). The van der Waals surface area contributed by atoms with Crippen molar-refractivity contribution in [2.24, 2.45) is 0 Å². The van der Waals surface area contributed by atoms with Crippen molar-refractivity contribution in [3.8, 4) is 11.1 Å². The van der Waals surface area contributed by atoms with E-state index in [0.29, 0.717) is 5.69 Å². The molecule has 0 saturated carbocycles. The molecule has 0 aliphatic heterocycles. The van der Waals surface area contributed by atoms with Crippen LogP contribution in [0, 0.1) is 0 Å². The van der Waals surface area contributed by atoms with Gasteiger partial charge in [0.1, 0.15) is 0 Å². The van der Waals surface area contributed by atoms with E-state index < -0.39 is 17.8 Å². The normalized spacial score (nSPS) is 11.5. The third kappa shape index (κ3) is 3.54. The molecular formula is C19H14F3N5O. The van der Waals surface area contributed by atoms with E-state index in [4.69, 9.17) is 0 Å². The zero-order chi connectivity index (χ0) is 19.7. The Morgan fingerprint density at radius 1 is 1.00 bits per heavy atom. The third-order valence-corrected chi connectivity index (χ3v) is 4.21. The maximum Gasteiger partial charge on any atom is 0.416 e. The molecule has 28 heavy (non-hydrogen) atoms. The van der Waals surface area contributed by atoms with Gasteiger partial charge >= 0.3 is 12.2 Å². The number of H-pyrrole nitrogens is 2. The van der Waals surface area contributed by atoms with Crippen molar-refractivity contribution in [3.63, 3.8) is 0 Å². The summed E-state index contributed by atoms with van der Waals surface area (Å²) in [6, 6.07) is 9.15. The number of urea groups is 1. The van der Waals surface area contributed by atoms with Crippen LogP contribution < -0.4 is 10.6 Å². The van der Waals surface area contributed by atoms with E-state index in [9.17, 15) is 18.0 Å². The largest absolute Gasteiger partial charge is 0.416 e. The standard InChI is InChI=1S/C19H14F3N5O/c20-19(21,22)12-1-3-13(4-2-12)26-18(28)27-14-7-16(11-9-24-25-10-11)15-5-6-23-17(15)8-14/h1-10,23H,(H,24,25)(H2,26,27,28). The van der Waals surface area contributed by atoms with Crippen LogP contribution >= 0.6 is 0 Å². The number of rotatable bonds is 3. The van der Waals surface area contributed by atoms with Gasteiger partial charge in [-0.15, -0.1) is 0 Å². The number of carbonyl (C=O) groups excluding carboxylic acids is 1. The molecule has 0 spiro atoms. The van der Waals surface area contributed by atoms with E-state index in [1.54, 1.807) is 30.7 Å². The van der Waals surface area contributed by atoms with Crippen LogP contribution in [0.25, 0.3) is 22.0 Å². The fourth-order valence-corrected chi connectivity index (χ4v) is 2.91. The number of aromatic amines is 2. The van der Waals surface area contributed by atoms with Crippen LogP contribution in [-0.4, -0.2) is 21.2 Å². The Labute approximate surface area is 156 Å². The van der Waals surface area contributed by atoms with Crippen LogP contribution in [0.5, 0.6) is 0 Å². The lowest BCUT2D eigenvalue weighted by Gasteiger charge is -2.11. The summed E-state index contributed by atoms with van der Waals surface area (Å²) in [5, 5.41) is 12.9. The van der Waals surface area contributed by atoms with Gasteiger partial charge in [0.15, 0.2) is 0 Å². The van der Waals surface area contributed by atoms with E-state index >= 15 is 0 Å². The number of carbonyl (C=O) groups is 1. The Hall–Kier alpha value is -3.75. The second-order valence-corrected chi connectivity index (χ2v) is 6.10. The van der Waals surface area contributed by atoms with E-state index in [2.05, 4.69) is 25.8 Å². The van der Waals surface area contributed by atoms with Crippen molar-refractivity contribution in [1.29, 1.82) is 0 Å². The van der Waals surface area contributed by atoms with Crippen LogP contribution in [0.4, 0.5) is 29.3 Å². The van der Waals surface area contributed by atoms with Crippen LogP contribution in [-0.2, 0) is 6.18 Å². The molecule has 0 atom stereocenters. The number of hydrogen-bond acceptors (Lipinski definition) is 2. The lowest BCUT2D eigenvalue weighted by Crippen LogP contribution is -2.19. The summed E-state index contributed by atoms with van der Waals surface area (Å²) in [5.41, 5.74) is 2.55. The number of alkyl halides is 3. The maximum absolute atomic E-state index is 12.6. The Kier molecular flexibility index (Phi) is 4.26. The van der Waals surface area contributed by atoms with Gasteiger partial charge < -0.3 is 15.6 Å². The maximum atomic E-state index is 12.6. The fraction of sp³-hybridized carbons (Fsp3) is 0.0526. The van der Waals surface area contributed by atoms with Gasteiger partial charge in [0.2, 0.25) is 0 Å². The van der Waals surface area contributed by atoms with Gasteiger partial charge in [0.25, 0.3) is 0 Å². The summed E-state index contributed by atoms with van der Waals surface area (Å²) in [5.74, 6) is 0. The lowest BCUT2D eigenvalue weighted by molar-refractivity contribution is -0.137. The van der Waals surface area contributed by atoms with Crippen LogP contribution in [0.2, 0.25) is 0 Å². The van der Waals surface area contributed by atoms with Gasteiger partial charge in [-0.25, -0.2) is 4.79 Å². The van der Waals surface area contributed by atoms with E-state index in [0.717, 1.165) is 34.2 Å². The van der Waals surface area contributed by atoms with Crippen molar-refractivity contribution in [3.05, 3.63) is 66.6 Å². The van der Waals surface area contributed by atoms with Crippen molar-refractivity contribution in [1.82, 2.24) is 15.2 Å². The number of aromatic nitrogens is 3. The SMILES string of the molecule is O=C(Nc1ccc(C(F)(F)F)cc1)Nc1cc(-c2cn[nH]c2)c2cc[nH]c2c1. The average molecular weight is 385 g/mol. The summed E-state index contributed by atoms with van der Waals surface area (Å²) in [4.78, 5) is 15.4. The molecule has 0 aliphatic carbocycles. The van der Waals surface area contributed by atoms with E-state index in [-0.39, 0.29) is 5.69 Å². The van der Waals surface area contributed by atoms with Crippen molar-refractivity contribution in [2.45, 2.75) is 6.18 Å². The highest BCUT2D eigenvalue weighted by molar-refractivity contribution is 6.04. The summed E-state index contributed by atoms with van der Waals surface area (Å²) in [6.45, 7) is 0. The molecule has 4 N–H and O–H groups in total. The van der Waals surface area contributed by atoms with Gasteiger partial charge in [-0.3, -0.25) is 5.10 Å². The molecule has 2 aromatic heterocycles. The number of hydrogen-bond donors (Lipinski definition) is 4. The Morgan fingerprint density at radius 2 is 1.75 bits per heavy atom. The highest BCUT2D eigenvalue weighted by Crippen LogP contribution is 2.32. The van der Waals surface area contributed by atoms with Crippen molar-refractivity contribution >= 4 is 28.3 Å². The summed E-state index contributed by atoms with van der Waals surface area (Å²) < 4.78 is 37.8. The van der Waals surface area contributed by atoms with E-state index in [1.807, 2.05) is 6.07 Å². The number of anilines is 2. The predicted octanol–water partition coefficient (Wildman–Crippen LogP) is 5.22. The second-order valence-electron chi connectivity index (χ2n) is 6.10. The molecule has 142 valence electrons. The second kappa shape index (κ2) is 6.76. The van der Waals surface area contributed by atoms with Gasteiger partial charge in [-0.2, -0.15) is 18.3 Å². The van der Waals surface area contributed by atoms with Crippen molar-refractivity contribution in [2.75, 3.05) is 10.6 Å². The average Bonchev–Trinajstić information content (AvgIpc) is 3.32. The monoisotopic (exact) mass is 385 g/mol. The molecule has 2 aromatic carbocycles. The quantitative estimate of drug-likeness (QED) is 0.390. The highest BCUT2D eigenvalue weighted by Gasteiger charge is 2.30. The predicted molar refractivity (Wildman–Crippen MR) is 100.0 cm³/mol. The number of fused-ring (bicyclic) bond motifs is 1. The smallest absolute Gasteiger partial charge is 0.361 e. The first-order valence-corrected chi connectivity index (χ1v) is 8.26. The summed E-state index contributed by atoms with van der Waals surface area (Å²) in [7, 11) is 0. The highest BCUT2D eigenvalue weighted by atomic mass is 19.4. The molecule has 2 amide bonds. The minimum Gasteiger partial charge on any atom is -0.361 e. The Morgan fingerprint density at radius 3 is 2.43 bits per heavy atom. The first-order valence-electron chi connectivity index (χ1n) is 8.26. The number of benzene rings is 2. The first-order chi connectivity index (χ1) is 13.4. The number of nitrogens with zero attached hydrogens (tertiary/aromatic N) is 1. The molecule has 2 heterocycles. The number of amides is 2. The van der Waals surface area contributed by atoms with Gasteiger partial charge in [0, 0.05) is 40.2 Å². The summed E-state index contributed by atoms with van der Waals surface area (Å²) in [6.07, 6.45) is 0.789. The van der Waals surface area contributed by atoms with Crippen LogP contribution in [0.1, 0.15) is 5.56 Å². The molecule has 4 aromatic rings. The van der Waals surface area contributed by atoms with E-state index in [1.165, 1.54) is 12.1 Å². The molecule has 0 aliphatic rings. The zero-order valence-corrected chi connectivity index (χ0v) is 14.3. The number of nitrogens with one attached hydrogen (secondary N) is 4. The molecular weight excluding hydrogens is 371 g/mol. The van der Waals surface area contributed by atoms with Gasteiger partial charge in [0.05, 0.1) is 11.8 Å². The Balaban J connectivity index is 1.54. The third-order valence-electron chi connectivity index (χ3n) is 4.21. The van der Waals surface area contributed by atoms with Crippen LogP contribution in [0.3, 0.4) is 0 Å². The zero-order valence-electron chi connectivity index (χ0n) is 14.3. The minimum atomic E-state index is -4.42.